The number of nitrogens with one attached hydrogen (secondary N) is 1. The smallest absolute Gasteiger partial charge is 0.233 e. The number of aliphatic hydroxyl groups excluding tert-OH is 1. The van der Waals surface area contributed by atoms with Crippen molar-refractivity contribution in [3.05, 3.63) is 116 Å². The largest absolute Gasteiger partial charge is 0.508 e. The van der Waals surface area contributed by atoms with Gasteiger partial charge in [-0.2, -0.15) is 0 Å². The van der Waals surface area contributed by atoms with Crippen LogP contribution < -0.4 is 5.32 Å². The zero-order chi connectivity index (χ0) is 25.6. The predicted molar refractivity (Wildman–Crippen MR) is 146 cm³/mol. The second-order valence-corrected chi connectivity index (χ2v) is 11.4. The lowest BCUT2D eigenvalue weighted by molar-refractivity contribution is -0.148. The van der Waals surface area contributed by atoms with Gasteiger partial charge in [-0.3, -0.25) is 9.59 Å². The summed E-state index contributed by atoms with van der Waals surface area (Å²) in [5, 5.41) is 16.6. The number of fused-ring (bicyclic) bond motifs is 3. The Hall–Kier alpha value is -3.35. The summed E-state index contributed by atoms with van der Waals surface area (Å²) in [7, 11) is 0. The van der Waals surface area contributed by atoms with E-state index in [9.17, 15) is 14.7 Å². The van der Waals surface area contributed by atoms with Crippen molar-refractivity contribution in [2.75, 3.05) is 0 Å². The number of benzene rings is 1. The third-order valence-electron chi connectivity index (χ3n) is 7.89. The van der Waals surface area contributed by atoms with Crippen LogP contribution in [0.4, 0.5) is 0 Å². The quantitative estimate of drug-likeness (QED) is 0.496. The van der Waals surface area contributed by atoms with E-state index >= 15 is 0 Å². The first-order chi connectivity index (χ1) is 18.0. The Morgan fingerprint density at radius 2 is 2.08 bits per heavy atom. The number of piperidine rings is 1. The number of rotatable bonds is 5. The van der Waals surface area contributed by atoms with Gasteiger partial charge in [0.2, 0.25) is 11.8 Å². The highest BCUT2D eigenvalue weighted by atomic mass is 35.5. The van der Waals surface area contributed by atoms with Crippen molar-refractivity contribution >= 4 is 34.8 Å². The highest BCUT2D eigenvalue weighted by Gasteiger charge is 2.58. The summed E-state index contributed by atoms with van der Waals surface area (Å²) in [5.41, 5.74) is 2.93. The summed E-state index contributed by atoms with van der Waals surface area (Å²) in [6.07, 6.45) is 13.2. The minimum absolute atomic E-state index is 0.00371. The average Bonchev–Trinajstić information content (AvgIpc) is 3.27. The normalized spacial score (nSPS) is 26.2. The molecule has 0 spiro atoms. The van der Waals surface area contributed by atoms with E-state index in [1.807, 2.05) is 58.8 Å². The maximum atomic E-state index is 14.3. The fraction of sp³-hybridized carbons (Fsp3) is 0.267. The van der Waals surface area contributed by atoms with Gasteiger partial charge in [0.15, 0.2) is 0 Å². The van der Waals surface area contributed by atoms with E-state index in [-0.39, 0.29) is 29.9 Å². The van der Waals surface area contributed by atoms with Crippen molar-refractivity contribution < 1.29 is 14.7 Å². The molecule has 3 aliphatic carbocycles. The molecular weight excluding hydrogens is 504 g/mol. The Labute approximate surface area is 225 Å². The van der Waals surface area contributed by atoms with E-state index in [0.717, 1.165) is 27.2 Å². The number of likely N-dealkylation sites (tertiary alicyclic amines) is 1. The Morgan fingerprint density at radius 1 is 1.24 bits per heavy atom. The lowest BCUT2D eigenvalue weighted by atomic mass is 9.58. The number of thiophene rings is 1. The summed E-state index contributed by atoms with van der Waals surface area (Å²) in [4.78, 5) is 30.8. The lowest BCUT2D eigenvalue weighted by Gasteiger charge is -2.53. The third-order valence-corrected chi connectivity index (χ3v) is 9.02. The number of hydrogen-bond donors (Lipinski definition) is 2. The highest BCUT2D eigenvalue weighted by molar-refractivity contribution is 7.09. The number of allylic oxidation sites excluding steroid dienone is 7. The third kappa shape index (κ3) is 4.18. The molecule has 1 aromatic carbocycles. The van der Waals surface area contributed by atoms with Crippen LogP contribution in [0.5, 0.6) is 0 Å². The van der Waals surface area contributed by atoms with Gasteiger partial charge in [-0.05, 0) is 65.3 Å². The fourth-order valence-corrected chi connectivity index (χ4v) is 6.92. The van der Waals surface area contributed by atoms with Crippen molar-refractivity contribution in [3.63, 3.8) is 0 Å². The standard InChI is InChI=1S/C30H27ClN2O3S/c31-22-9-6-19(7-10-22)18-33-27(35)12-13-30(29(36)32-17-24-5-2-14-37-24)21-4-1-3-20-8-11-23(34)16-26(28(30)33)25(20)15-21/h1-7,9-11,14-16,25,28,34H,8,12-13,17-18H2,(H,32,36)/t25-,28?,30?/m0/s1. The van der Waals surface area contributed by atoms with E-state index in [4.69, 9.17) is 11.6 Å². The zero-order valence-corrected chi connectivity index (χ0v) is 21.8. The molecule has 2 amide bonds. The van der Waals surface area contributed by atoms with Gasteiger partial charge >= 0.3 is 0 Å². The van der Waals surface area contributed by atoms with Gasteiger partial charge in [0.05, 0.1) is 18.0 Å². The van der Waals surface area contributed by atoms with Crippen LogP contribution in [-0.2, 0) is 22.7 Å². The van der Waals surface area contributed by atoms with Crippen molar-refractivity contribution in [1.29, 1.82) is 0 Å². The lowest BCUT2D eigenvalue weighted by Crippen LogP contribution is -2.63. The first kappa shape index (κ1) is 24.0. The molecule has 188 valence electrons. The molecular formula is C30H27ClN2O3S. The van der Waals surface area contributed by atoms with E-state index in [1.54, 1.807) is 23.5 Å². The fourth-order valence-electron chi connectivity index (χ4n) is 6.15. The maximum absolute atomic E-state index is 14.3. The summed E-state index contributed by atoms with van der Waals surface area (Å²) in [6.45, 7) is 0.787. The molecule has 0 saturated carbocycles. The molecule has 7 heteroatoms. The van der Waals surface area contributed by atoms with Crippen molar-refractivity contribution in [2.45, 2.75) is 38.4 Å². The van der Waals surface area contributed by atoms with E-state index in [0.29, 0.717) is 31.0 Å². The van der Waals surface area contributed by atoms with Crippen molar-refractivity contribution in [1.82, 2.24) is 10.2 Å². The van der Waals surface area contributed by atoms with E-state index < -0.39 is 11.5 Å². The molecule has 1 fully saturated rings. The molecule has 1 saturated heterocycles. The number of carbonyl (C=O) groups excluding carboxylic acids is 2. The molecule has 37 heavy (non-hydrogen) atoms. The first-order valence-electron chi connectivity index (χ1n) is 12.5. The minimum Gasteiger partial charge on any atom is -0.508 e. The van der Waals surface area contributed by atoms with Gasteiger partial charge < -0.3 is 15.3 Å². The number of aliphatic hydroxyl groups is 1. The first-order valence-corrected chi connectivity index (χ1v) is 13.8. The van der Waals surface area contributed by atoms with Crippen molar-refractivity contribution in [2.24, 2.45) is 11.3 Å². The van der Waals surface area contributed by atoms with E-state index in [2.05, 4.69) is 17.5 Å². The summed E-state index contributed by atoms with van der Waals surface area (Å²) in [5.74, 6) is -0.00942. The second kappa shape index (κ2) is 9.51. The second-order valence-electron chi connectivity index (χ2n) is 9.96. The van der Waals surface area contributed by atoms with Crippen LogP contribution in [0, 0.1) is 11.3 Å². The van der Waals surface area contributed by atoms with E-state index in [1.165, 1.54) is 0 Å². The molecule has 3 atom stereocenters. The number of hydrogen-bond acceptors (Lipinski definition) is 4. The molecule has 1 aliphatic heterocycles. The minimum atomic E-state index is -0.968. The average molecular weight is 531 g/mol. The molecule has 2 N–H and O–H groups in total. The van der Waals surface area contributed by atoms with Crippen LogP contribution in [0.3, 0.4) is 0 Å². The van der Waals surface area contributed by atoms with Gasteiger partial charge in [-0.1, -0.05) is 59.7 Å². The Bertz CT molecular complexity index is 1400. The van der Waals surface area contributed by atoms with Crippen LogP contribution in [0.2, 0.25) is 5.02 Å². The van der Waals surface area contributed by atoms with Crippen LogP contribution in [0.25, 0.3) is 0 Å². The SMILES string of the molecule is O=C1CCC2(C(=O)NCc3cccs3)C3=C[C@H]4C(=CC=C3)CC=C(O)C=C4C2N1Cc1ccc(Cl)cc1. The maximum Gasteiger partial charge on any atom is 0.233 e. The van der Waals surface area contributed by atoms with Crippen LogP contribution >= 0.6 is 22.9 Å². The Morgan fingerprint density at radius 3 is 2.86 bits per heavy atom. The van der Waals surface area contributed by atoms with Gasteiger partial charge in [-0.15, -0.1) is 11.3 Å². The topological polar surface area (TPSA) is 69.6 Å². The number of carbonyl (C=O) groups is 2. The molecule has 6 rings (SSSR count). The number of amides is 2. The number of nitrogens with zero attached hydrogens (tertiary/aromatic N) is 1. The van der Waals surface area contributed by atoms with Gasteiger partial charge in [0.25, 0.3) is 0 Å². The summed E-state index contributed by atoms with van der Waals surface area (Å²) >= 11 is 7.73. The Balaban J connectivity index is 1.49. The molecule has 4 aliphatic rings. The summed E-state index contributed by atoms with van der Waals surface area (Å²) < 4.78 is 0. The molecule has 2 unspecified atom stereocenters. The molecule has 5 nitrogen and oxygen atoms in total. The monoisotopic (exact) mass is 530 g/mol. The predicted octanol–water partition coefficient (Wildman–Crippen LogP) is 6.02. The van der Waals surface area contributed by atoms with Crippen LogP contribution in [0.15, 0.2) is 101 Å². The highest BCUT2D eigenvalue weighted by Crippen LogP contribution is 2.55. The summed E-state index contributed by atoms with van der Waals surface area (Å²) in [6, 6.07) is 10.9. The van der Waals surface area contributed by atoms with Crippen molar-refractivity contribution in [3.8, 4) is 0 Å². The van der Waals surface area contributed by atoms with Crippen LogP contribution in [0.1, 0.15) is 29.7 Å². The molecule has 0 radical (unpaired) electrons. The molecule has 2 bridgehead atoms. The van der Waals surface area contributed by atoms with Crippen LogP contribution in [-0.4, -0.2) is 27.9 Å². The number of halogens is 1. The molecule has 2 heterocycles. The van der Waals surface area contributed by atoms with Gasteiger partial charge in [0, 0.05) is 28.8 Å². The zero-order valence-electron chi connectivity index (χ0n) is 20.2. The van der Waals surface area contributed by atoms with Gasteiger partial charge in [-0.25, -0.2) is 0 Å². The Kier molecular flexibility index (Phi) is 6.17. The molecule has 1 aromatic heterocycles. The van der Waals surface area contributed by atoms with Gasteiger partial charge in [0.1, 0.15) is 5.76 Å². The molecule has 2 aromatic rings.